The Morgan fingerprint density at radius 1 is 1.44 bits per heavy atom. The Labute approximate surface area is 58.8 Å². The Morgan fingerprint density at radius 2 is 2.11 bits per heavy atom. The highest BCUT2D eigenvalue weighted by Gasteiger charge is 1.99. The zero-order valence-electron chi connectivity index (χ0n) is 4.24. The van der Waals surface area contributed by atoms with Crippen molar-refractivity contribution in [2.45, 2.75) is 0 Å². The molecule has 0 aliphatic heterocycles. The fourth-order valence-electron chi connectivity index (χ4n) is 0.398. The average Bonchev–Trinajstić information content (AvgIpc) is 1.80. The Kier molecular flexibility index (Phi) is 1.75. The summed E-state index contributed by atoms with van der Waals surface area (Å²) in [4.78, 5) is 3.34. The second kappa shape index (κ2) is 2.39. The van der Waals surface area contributed by atoms with E-state index >= 15 is 0 Å². The van der Waals surface area contributed by atoms with Crippen LogP contribution in [0, 0.1) is 11.6 Å². The SMILES string of the molecule is Fc1cnc(Br)c(F)c1. The van der Waals surface area contributed by atoms with Crippen LogP contribution in [0.2, 0.25) is 0 Å². The van der Waals surface area contributed by atoms with Crippen LogP contribution >= 0.6 is 15.9 Å². The molecule has 48 valence electrons. The van der Waals surface area contributed by atoms with Gasteiger partial charge in [-0.15, -0.1) is 0 Å². The largest absolute Gasteiger partial charge is 0.243 e. The molecule has 0 spiro atoms. The molecular weight excluding hydrogens is 192 g/mol. The van der Waals surface area contributed by atoms with Crippen molar-refractivity contribution in [3.63, 3.8) is 0 Å². The van der Waals surface area contributed by atoms with Crippen LogP contribution in [-0.2, 0) is 0 Å². The Hall–Kier alpha value is -0.510. The van der Waals surface area contributed by atoms with Gasteiger partial charge in [0.25, 0.3) is 0 Å². The first kappa shape index (κ1) is 6.61. The summed E-state index contributed by atoms with van der Waals surface area (Å²) in [5.74, 6) is -1.36. The molecule has 4 heteroatoms. The normalized spacial score (nSPS) is 9.67. The van der Waals surface area contributed by atoms with Crippen LogP contribution in [0.4, 0.5) is 8.78 Å². The highest BCUT2D eigenvalue weighted by atomic mass is 79.9. The van der Waals surface area contributed by atoms with Gasteiger partial charge < -0.3 is 0 Å². The number of rotatable bonds is 0. The van der Waals surface area contributed by atoms with Crippen molar-refractivity contribution in [2.24, 2.45) is 0 Å². The van der Waals surface area contributed by atoms with Gasteiger partial charge in [0.1, 0.15) is 10.4 Å². The minimum absolute atomic E-state index is 0.0314. The quantitative estimate of drug-likeness (QED) is 0.576. The van der Waals surface area contributed by atoms with E-state index in [9.17, 15) is 8.78 Å². The molecular formula is C5H2BrF2N. The van der Waals surface area contributed by atoms with Crippen molar-refractivity contribution in [3.05, 3.63) is 28.5 Å². The highest BCUT2D eigenvalue weighted by Crippen LogP contribution is 2.11. The van der Waals surface area contributed by atoms with Gasteiger partial charge in [-0.2, -0.15) is 0 Å². The Balaban J connectivity index is 3.17. The van der Waals surface area contributed by atoms with Crippen molar-refractivity contribution in [1.29, 1.82) is 0 Å². The summed E-state index contributed by atoms with van der Waals surface area (Å²) in [6.07, 6.45) is 0.938. The third-order valence-corrected chi connectivity index (χ3v) is 1.35. The number of pyridine rings is 1. The fraction of sp³-hybridized carbons (Fsp3) is 0. The number of hydrogen-bond donors (Lipinski definition) is 0. The zero-order chi connectivity index (χ0) is 6.85. The van der Waals surface area contributed by atoms with Gasteiger partial charge in [-0.05, 0) is 15.9 Å². The minimum Gasteiger partial charge on any atom is -0.243 e. The molecule has 0 atom stereocenters. The van der Waals surface area contributed by atoms with Crippen molar-refractivity contribution in [3.8, 4) is 0 Å². The minimum atomic E-state index is -0.685. The molecule has 9 heavy (non-hydrogen) atoms. The van der Waals surface area contributed by atoms with Gasteiger partial charge in [0.2, 0.25) is 0 Å². The van der Waals surface area contributed by atoms with Gasteiger partial charge in [0.15, 0.2) is 5.82 Å². The van der Waals surface area contributed by atoms with Gasteiger partial charge in [-0.3, -0.25) is 0 Å². The van der Waals surface area contributed by atoms with Gasteiger partial charge >= 0.3 is 0 Å². The molecule has 0 saturated carbocycles. The van der Waals surface area contributed by atoms with Gasteiger partial charge in [-0.25, -0.2) is 13.8 Å². The third-order valence-electron chi connectivity index (χ3n) is 0.763. The molecule has 1 aromatic rings. The van der Waals surface area contributed by atoms with E-state index in [4.69, 9.17) is 0 Å². The van der Waals surface area contributed by atoms with Crippen molar-refractivity contribution in [2.75, 3.05) is 0 Å². The van der Waals surface area contributed by atoms with E-state index in [0.29, 0.717) is 0 Å². The van der Waals surface area contributed by atoms with Crippen LogP contribution in [0.1, 0.15) is 0 Å². The lowest BCUT2D eigenvalue weighted by Gasteiger charge is -1.89. The molecule has 0 amide bonds. The van der Waals surface area contributed by atoms with Crippen molar-refractivity contribution < 1.29 is 8.78 Å². The molecule has 0 saturated heterocycles. The van der Waals surface area contributed by atoms with E-state index in [0.717, 1.165) is 12.3 Å². The number of hydrogen-bond acceptors (Lipinski definition) is 1. The lowest BCUT2D eigenvalue weighted by Crippen LogP contribution is -1.83. The first-order valence-electron chi connectivity index (χ1n) is 2.16. The second-order valence-electron chi connectivity index (χ2n) is 1.43. The molecule has 0 aromatic carbocycles. The molecule has 1 rings (SSSR count). The number of halogens is 3. The molecule has 0 radical (unpaired) electrons. The van der Waals surface area contributed by atoms with Crippen LogP contribution in [-0.4, -0.2) is 4.98 Å². The summed E-state index contributed by atoms with van der Waals surface area (Å²) in [6.45, 7) is 0. The van der Waals surface area contributed by atoms with E-state index < -0.39 is 11.6 Å². The first-order valence-corrected chi connectivity index (χ1v) is 2.96. The lowest BCUT2D eigenvalue weighted by atomic mass is 10.5. The molecule has 0 unspecified atom stereocenters. The summed E-state index contributed by atoms with van der Waals surface area (Å²) >= 11 is 2.78. The summed E-state index contributed by atoms with van der Waals surface area (Å²) in [5, 5.41) is 0. The summed E-state index contributed by atoms with van der Waals surface area (Å²) < 4.78 is 24.3. The fourth-order valence-corrected chi connectivity index (χ4v) is 0.615. The number of aromatic nitrogens is 1. The maximum atomic E-state index is 12.2. The van der Waals surface area contributed by atoms with Gasteiger partial charge in [-0.1, -0.05) is 0 Å². The maximum Gasteiger partial charge on any atom is 0.158 e. The predicted octanol–water partition coefficient (Wildman–Crippen LogP) is 2.12. The first-order chi connectivity index (χ1) is 4.20. The topological polar surface area (TPSA) is 12.9 Å². The second-order valence-corrected chi connectivity index (χ2v) is 2.18. The maximum absolute atomic E-state index is 12.2. The number of nitrogens with zero attached hydrogens (tertiary/aromatic N) is 1. The van der Waals surface area contributed by atoms with Crippen LogP contribution in [0.3, 0.4) is 0 Å². The van der Waals surface area contributed by atoms with Crippen LogP contribution < -0.4 is 0 Å². The molecule has 0 fully saturated rings. The van der Waals surface area contributed by atoms with Gasteiger partial charge in [0.05, 0.1) is 6.20 Å². The monoisotopic (exact) mass is 193 g/mol. The standard InChI is InChI=1S/C5H2BrF2N/c6-5-4(8)1-3(7)2-9-5/h1-2H. The van der Waals surface area contributed by atoms with E-state index in [1.807, 2.05) is 0 Å². The smallest absolute Gasteiger partial charge is 0.158 e. The third kappa shape index (κ3) is 1.45. The molecule has 1 nitrogen and oxygen atoms in total. The summed E-state index contributed by atoms with van der Waals surface area (Å²) in [5.41, 5.74) is 0. The molecule has 0 N–H and O–H groups in total. The molecule has 0 bridgehead atoms. The van der Waals surface area contributed by atoms with Crippen LogP contribution in [0.5, 0.6) is 0 Å². The zero-order valence-corrected chi connectivity index (χ0v) is 5.82. The molecule has 1 heterocycles. The predicted molar refractivity (Wildman–Crippen MR) is 31.9 cm³/mol. The summed E-state index contributed by atoms with van der Waals surface area (Å²) in [6, 6.07) is 0.761. The summed E-state index contributed by atoms with van der Waals surface area (Å²) in [7, 11) is 0. The molecule has 1 aromatic heterocycles. The highest BCUT2D eigenvalue weighted by molar-refractivity contribution is 9.10. The van der Waals surface area contributed by atoms with E-state index in [1.165, 1.54) is 0 Å². The average molecular weight is 194 g/mol. The van der Waals surface area contributed by atoms with Gasteiger partial charge in [0, 0.05) is 6.07 Å². The van der Waals surface area contributed by atoms with E-state index in [-0.39, 0.29) is 4.60 Å². The van der Waals surface area contributed by atoms with Crippen LogP contribution in [0.25, 0.3) is 0 Å². The Bertz CT molecular complexity index is 226. The lowest BCUT2D eigenvalue weighted by molar-refractivity contribution is 0.567. The molecule has 0 aliphatic rings. The Morgan fingerprint density at radius 3 is 2.56 bits per heavy atom. The van der Waals surface area contributed by atoms with Crippen molar-refractivity contribution >= 4 is 15.9 Å². The van der Waals surface area contributed by atoms with E-state index in [2.05, 4.69) is 20.9 Å². The van der Waals surface area contributed by atoms with Crippen LogP contribution in [0.15, 0.2) is 16.9 Å². The molecule has 0 aliphatic carbocycles. The van der Waals surface area contributed by atoms with E-state index in [1.54, 1.807) is 0 Å². The van der Waals surface area contributed by atoms with Crippen molar-refractivity contribution in [1.82, 2.24) is 4.98 Å².